The van der Waals surface area contributed by atoms with Gasteiger partial charge in [-0.05, 0) is 98.0 Å². The summed E-state index contributed by atoms with van der Waals surface area (Å²) in [5.74, 6) is -0.482. The first-order valence-corrected chi connectivity index (χ1v) is 22.3. The van der Waals surface area contributed by atoms with Gasteiger partial charge in [0.2, 0.25) is 0 Å². The van der Waals surface area contributed by atoms with Crippen LogP contribution in [-0.2, 0) is 17.8 Å². The van der Waals surface area contributed by atoms with E-state index in [2.05, 4.69) is 60.7 Å². The average Bonchev–Trinajstić information content (AvgIpc) is 3.97. The Kier molecular flexibility index (Phi) is 23.2. The second kappa shape index (κ2) is 28.4. The maximum absolute atomic E-state index is 14.9. The van der Waals surface area contributed by atoms with Gasteiger partial charge in [0.15, 0.2) is 0 Å². The third-order valence-electron chi connectivity index (χ3n) is 10.6. The van der Waals surface area contributed by atoms with E-state index in [1.165, 1.54) is 31.1 Å². The van der Waals surface area contributed by atoms with Crippen LogP contribution in [0.3, 0.4) is 0 Å². The Morgan fingerprint density at radius 3 is 2.04 bits per heavy atom. The number of aliphatic imine (C=N–C) groups is 2. The van der Waals surface area contributed by atoms with Crippen LogP contribution in [0.25, 0.3) is 0 Å². The number of aromatic nitrogens is 4. The molecule has 0 unspecified atom stereocenters. The second-order valence-corrected chi connectivity index (χ2v) is 14.9. The third-order valence-corrected chi connectivity index (χ3v) is 10.6. The molecule has 3 amide bonds. The number of anilines is 2. The lowest BCUT2D eigenvalue weighted by Crippen LogP contribution is -2.39. The van der Waals surface area contributed by atoms with Crippen molar-refractivity contribution in [3.63, 3.8) is 0 Å². The molecule has 1 saturated heterocycles. The average molecular weight is 943 g/mol. The number of aryl methyl sites for hydroxylation is 4. The van der Waals surface area contributed by atoms with Crippen LogP contribution in [0.5, 0.6) is 11.5 Å². The Labute approximate surface area is 399 Å². The summed E-state index contributed by atoms with van der Waals surface area (Å²) in [7, 11) is 7.71. The molecule has 4 aromatic rings. The van der Waals surface area contributed by atoms with Gasteiger partial charge in [-0.3, -0.25) is 53.3 Å². The summed E-state index contributed by atoms with van der Waals surface area (Å²) in [6, 6.07) is 9.81. The predicted molar refractivity (Wildman–Crippen MR) is 268 cm³/mol. The summed E-state index contributed by atoms with van der Waals surface area (Å²) in [5, 5.41) is 13.3. The third kappa shape index (κ3) is 14.4. The minimum atomic E-state index is -0.391. The van der Waals surface area contributed by atoms with E-state index in [1.807, 2.05) is 38.7 Å². The van der Waals surface area contributed by atoms with Gasteiger partial charge >= 0.3 is 0 Å². The monoisotopic (exact) mass is 943 g/mol. The number of carbonyl (C=O) groups is 4. The number of rotatable bonds is 23. The quantitative estimate of drug-likeness (QED) is 0.0207. The van der Waals surface area contributed by atoms with Gasteiger partial charge in [-0.25, -0.2) is 5.43 Å². The Morgan fingerprint density at radius 1 is 0.853 bits per heavy atom. The first kappa shape index (κ1) is 55.5. The zero-order chi connectivity index (χ0) is 50.3. The minimum absolute atomic E-state index is 0.00604. The van der Waals surface area contributed by atoms with Crippen molar-refractivity contribution in [3.05, 3.63) is 82.5 Å². The van der Waals surface area contributed by atoms with E-state index in [0.29, 0.717) is 90.2 Å². The van der Waals surface area contributed by atoms with E-state index in [-0.39, 0.29) is 55.2 Å². The number of benzene rings is 2. The standard InChI is InChI=1S/C45H60N12O7.2CH5N/c1-10-56-37(23-31(3)50-56)43(59)49-30-54(41-35(46-5)25-33(29-58)26-39(41)62-9)16-12-13-17-55(45(61)38-24-32(4)51-57(38)11-2)42-36(47-6)27-34(44(60)52(8)48-7)28-40(42)64-20-14-15-53-18-21-63-22-19-53;2*1-2/h12-13,23-29,48H,5-6,10-11,14-22,30H2,1-4,7-9H3,(H,49,59);2*2H2,1H3/b13-12+;;. The smallest absolute Gasteiger partial charge is 0.277 e. The molecule has 2 aromatic heterocycles. The molecule has 21 heteroatoms. The SMILES string of the molecule is C=Nc1cc(C=O)cc(OC)c1N(C/C=C/CN(C(=O)c1cc(C)nn1CC)c1c(N=C)cc(C(=O)N(C)NC)cc1OCCCN1CCOCC1)CNC(=O)c1cc(C)nn1CC.CN.CN. The molecule has 5 rings (SSSR count). The predicted octanol–water partition coefficient (Wildman–Crippen LogP) is 3.78. The van der Waals surface area contributed by atoms with Gasteiger partial charge in [0.05, 0.1) is 56.4 Å². The molecule has 1 aliphatic rings. The van der Waals surface area contributed by atoms with Crippen molar-refractivity contribution in [2.75, 3.05) is 104 Å². The fourth-order valence-electron chi connectivity index (χ4n) is 7.30. The van der Waals surface area contributed by atoms with E-state index < -0.39 is 5.91 Å². The Balaban J connectivity index is 0.00000298. The van der Waals surface area contributed by atoms with E-state index in [0.717, 1.165) is 19.6 Å². The van der Waals surface area contributed by atoms with E-state index in [4.69, 9.17) is 14.2 Å². The first-order chi connectivity index (χ1) is 32.9. The number of amides is 3. The molecular weight excluding hydrogens is 873 g/mol. The lowest BCUT2D eigenvalue weighted by Gasteiger charge is -2.28. The molecule has 0 saturated carbocycles. The van der Waals surface area contributed by atoms with Crippen LogP contribution < -0.4 is 41.5 Å². The van der Waals surface area contributed by atoms with E-state index in [9.17, 15) is 19.2 Å². The molecular formula is C47H70N14O7. The molecule has 0 aliphatic carbocycles. The van der Waals surface area contributed by atoms with Gasteiger partial charge in [-0.1, -0.05) is 12.2 Å². The molecule has 0 spiro atoms. The second-order valence-electron chi connectivity index (χ2n) is 14.9. The number of morpholine rings is 1. The summed E-state index contributed by atoms with van der Waals surface area (Å²) < 4.78 is 21.0. The van der Waals surface area contributed by atoms with Crippen LogP contribution in [-0.4, -0.2) is 161 Å². The molecule has 6 N–H and O–H groups in total. The first-order valence-electron chi connectivity index (χ1n) is 22.3. The summed E-state index contributed by atoms with van der Waals surface area (Å²) >= 11 is 0. The van der Waals surface area contributed by atoms with E-state index in [1.54, 1.807) is 65.9 Å². The van der Waals surface area contributed by atoms with Crippen molar-refractivity contribution < 1.29 is 33.4 Å². The molecule has 3 heterocycles. The van der Waals surface area contributed by atoms with Crippen LogP contribution >= 0.6 is 0 Å². The fraction of sp³-hybridized carbons (Fsp3) is 0.447. The van der Waals surface area contributed by atoms with Crippen LogP contribution in [0, 0.1) is 13.8 Å². The van der Waals surface area contributed by atoms with Gasteiger partial charge in [-0.2, -0.15) is 10.2 Å². The number of nitrogens with two attached hydrogens (primary N) is 2. The number of nitrogens with zero attached hydrogens (tertiary/aromatic N) is 10. The molecule has 1 fully saturated rings. The molecule has 21 nitrogen and oxygen atoms in total. The van der Waals surface area contributed by atoms with Crippen molar-refractivity contribution in [2.45, 2.75) is 47.2 Å². The van der Waals surface area contributed by atoms with Crippen molar-refractivity contribution >= 4 is 60.2 Å². The zero-order valence-electron chi connectivity index (χ0n) is 41.1. The number of aldehydes is 1. The number of nitrogens with one attached hydrogen (secondary N) is 2. The highest BCUT2D eigenvalue weighted by molar-refractivity contribution is 6.09. The van der Waals surface area contributed by atoms with Crippen molar-refractivity contribution in [3.8, 4) is 11.5 Å². The largest absolute Gasteiger partial charge is 0.494 e. The maximum atomic E-state index is 14.9. The lowest BCUT2D eigenvalue weighted by molar-refractivity contribution is 0.0358. The van der Waals surface area contributed by atoms with Gasteiger partial charge in [0, 0.05) is 71.0 Å². The molecule has 0 radical (unpaired) electrons. The van der Waals surface area contributed by atoms with Gasteiger partial charge in [-0.15, -0.1) is 0 Å². The highest BCUT2D eigenvalue weighted by Crippen LogP contribution is 2.41. The number of carbonyl (C=O) groups excluding carboxylic acids is 4. The number of hydrazine groups is 1. The number of ether oxygens (including phenoxy) is 3. The Bertz CT molecular complexity index is 2340. The summed E-state index contributed by atoms with van der Waals surface area (Å²) in [6.45, 7) is 20.2. The molecule has 370 valence electrons. The summed E-state index contributed by atoms with van der Waals surface area (Å²) in [6.07, 6.45) is 5.00. The molecule has 0 bridgehead atoms. The van der Waals surface area contributed by atoms with Crippen LogP contribution in [0.2, 0.25) is 0 Å². The molecule has 0 atom stereocenters. The zero-order valence-corrected chi connectivity index (χ0v) is 41.1. The van der Waals surface area contributed by atoms with Gasteiger partial charge in [0.1, 0.15) is 40.5 Å². The highest BCUT2D eigenvalue weighted by atomic mass is 16.5. The van der Waals surface area contributed by atoms with Crippen molar-refractivity contribution in [2.24, 2.45) is 21.5 Å². The van der Waals surface area contributed by atoms with Crippen LogP contribution in [0.1, 0.15) is 73.3 Å². The number of hydrogen-bond donors (Lipinski definition) is 4. The highest BCUT2D eigenvalue weighted by Gasteiger charge is 2.29. The number of hydrogen-bond acceptors (Lipinski definition) is 16. The Morgan fingerprint density at radius 2 is 1.46 bits per heavy atom. The number of methoxy groups -OCH3 is 1. The van der Waals surface area contributed by atoms with E-state index >= 15 is 0 Å². The van der Waals surface area contributed by atoms with Crippen molar-refractivity contribution in [1.29, 1.82) is 0 Å². The summed E-state index contributed by atoms with van der Waals surface area (Å²) in [4.78, 5) is 68.1. The minimum Gasteiger partial charge on any atom is -0.494 e. The normalized spacial score (nSPS) is 12.2. The maximum Gasteiger partial charge on any atom is 0.277 e. The molecule has 1 aliphatic heterocycles. The van der Waals surface area contributed by atoms with Gasteiger partial charge in [0.25, 0.3) is 17.7 Å². The molecule has 68 heavy (non-hydrogen) atoms. The van der Waals surface area contributed by atoms with Crippen LogP contribution in [0.4, 0.5) is 22.7 Å². The topological polar surface area (TPSA) is 245 Å². The van der Waals surface area contributed by atoms with Crippen molar-refractivity contribution in [1.82, 2.24) is 40.2 Å². The Hall–Kier alpha value is -6.78. The summed E-state index contributed by atoms with van der Waals surface area (Å²) in [5.41, 5.74) is 15.9. The lowest BCUT2D eigenvalue weighted by atomic mass is 10.1. The van der Waals surface area contributed by atoms with Gasteiger partial charge < -0.3 is 35.9 Å². The molecule has 2 aromatic carbocycles. The fourth-order valence-corrected chi connectivity index (χ4v) is 7.30. The van der Waals surface area contributed by atoms with Crippen LogP contribution in [0.15, 0.2) is 58.5 Å².